The number of carbonyl (C=O) groups excluding carboxylic acids is 1. The molecule has 0 amide bonds. The van der Waals surface area contributed by atoms with Crippen LogP contribution in [0, 0.1) is 29.7 Å². The van der Waals surface area contributed by atoms with Crippen molar-refractivity contribution in [3.8, 4) is 21.9 Å². The molecule has 6 heteroatoms. The third-order valence-electron chi connectivity index (χ3n) is 11.7. The number of nitrogens with zero attached hydrogens (tertiary/aromatic N) is 1. The second-order valence-corrected chi connectivity index (χ2v) is 18.0. The topological polar surface area (TPSA) is 63.3 Å². The van der Waals surface area contributed by atoms with E-state index in [0.717, 1.165) is 65.5 Å². The van der Waals surface area contributed by atoms with E-state index in [9.17, 15) is 9.90 Å². The average molecular weight is 935 g/mol. The molecular formula is C49H60IrNO3S-. The predicted molar refractivity (Wildman–Crippen MR) is 232 cm³/mol. The minimum Gasteiger partial charge on any atom is -0.512 e. The normalized spacial score (nSPS) is 12.6. The van der Waals surface area contributed by atoms with E-state index in [1.165, 1.54) is 43.1 Å². The number of aliphatic hydroxyl groups excluding tert-OH is 1. The first-order chi connectivity index (χ1) is 25.5. The molecule has 0 saturated heterocycles. The van der Waals surface area contributed by atoms with Gasteiger partial charge < -0.3 is 9.52 Å². The van der Waals surface area contributed by atoms with Crippen LogP contribution in [0.15, 0.2) is 83.1 Å². The monoisotopic (exact) mass is 935 g/mol. The van der Waals surface area contributed by atoms with Crippen molar-refractivity contribution in [3.63, 3.8) is 0 Å². The van der Waals surface area contributed by atoms with Crippen molar-refractivity contribution in [1.82, 2.24) is 4.98 Å². The van der Waals surface area contributed by atoms with Gasteiger partial charge in [-0.15, -0.1) is 40.5 Å². The Hall–Kier alpha value is -3.57. The van der Waals surface area contributed by atoms with Crippen molar-refractivity contribution in [3.05, 3.63) is 101 Å². The molecule has 0 aliphatic carbocycles. The number of benzene rings is 3. The van der Waals surface area contributed by atoms with Crippen LogP contribution in [0.5, 0.6) is 0 Å². The summed E-state index contributed by atoms with van der Waals surface area (Å²) in [5, 5.41) is 14.9. The fourth-order valence-corrected chi connectivity index (χ4v) is 8.24. The van der Waals surface area contributed by atoms with Crippen molar-refractivity contribution in [2.45, 2.75) is 121 Å². The van der Waals surface area contributed by atoms with Gasteiger partial charge in [0.05, 0.1) is 4.88 Å². The zero-order valence-corrected chi connectivity index (χ0v) is 38.2. The van der Waals surface area contributed by atoms with E-state index >= 15 is 0 Å². The second kappa shape index (κ2) is 17.7. The summed E-state index contributed by atoms with van der Waals surface area (Å²) < 4.78 is 7.66. The molecule has 0 atom stereocenters. The molecule has 1 N–H and O–H groups in total. The van der Waals surface area contributed by atoms with Crippen molar-refractivity contribution in [2.75, 3.05) is 0 Å². The molecule has 3 heterocycles. The van der Waals surface area contributed by atoms with Crippen LogP contribution in [0.3, 0.4) is 0 Å². The van der Waals surface area contributed by atoms with Gasteiger partial charge in [0.25, 0.3) is 0 Å². The number of furan rings is 1. The van der Waals surface area contributed by atoms with E-state index in [2.05, 4.69) is 108 Å². The summed E-state index contributed by atoms with van der Waals surface area (Å²) in [6, 6.07) is 25.4. The van der Waals surface area contributed by atoms with Gasteiger partial charge in [-0.05, 0) is 85.1 Å². The Labute approximate surface area is 347 Å². The van der Waals surface area contributed by atoms with Crippen LogP contribution in [-0.2, 0) is 36.7 Å². The largest absolute Gasteiger partial charge is 0.512 e. The van der Waals surface area contributed by atoms with Gasteiger partial charge in [0.1, 0.15) is 17.1 Å². The Kier molecular flexibility index (Phi) is 14.2. The number of allylic oxidation sites excluding steroid dienone is 2. The molecule has 0 aliphatic heterocycles. The fourth-order valence-electron chi connectivity index (χ4n) is 7.08. The molecule has 0 aliphatic rings. The van der Waals surface area contributed by atoms with Gasteiger partial charge in [-0.3, -0.25) is 9.78 Å². The summed E-state index contributed by atoms with van der Waals surface area (Å²) in [7, 11) is 0. The van der Waals surface area contributed by atoms with Gasteiger partial charge >= 0.3 is 0 Å². The number of fused-ring (bicyclic) bond motifs is 3. The molecule has 6 rings (SSSR count). The fraction of sp³-hybridized carbons (Fsp3) is 0.429. The zero-order chi connectivity index (χ0) is 39.6. The molecule has 295 valence electrons. The van der Waals surface area contributed by atoms with Crippen LogP contribution in [-0.4, -0.2) is 15.9 Å². The minimum atomic E-state index is -0.337. The van der Waals surface area contributed by atoms with Crippen molar-refractivity contribution in [1.29, 1.82) is 0 Å². The molecule has 0 saturated carbocycles. The predicted octanol–water partition coefficient (Wildman–Crippen LogP) is 14.8. The molecule has 0 bridgehead atoms. The van der Waals surface area contributed by atoms with Crippen molar-refractivity contribution < 1.29 is 34.4 Å². The van der Waals surface area contributed by atoms with E-state index in [1.807, 2.05) is 47.7 Å². The Balaban J connectivity index is 0.000000320. The third kappa shape index (κ3) is 9.36. The van der Waals surface area contributed by atoms with Crippen LogP contribution >= 0.6 is 11.3 Å². The average Bonchev–Trinajstić information content (AvgIpc) is 3.73. The first kappa shape index (κ1) is 44.1. The van der Waals surface area contributed by atoms with Gasteiger partial charge in [-0.2, -0.15) is 0 Å². The Morgan fingerprint density at radius 1 is 0.909 bits per heavy atom. The molecule has 3 aromatic heterocycles. The van der Waals surface area contributed by atoms with E-state index in [-0.39, 0.29) is 47.9 Å². The molecule has 55 heavy (non-hydrogen) atoms. The van der Waals surface area contributed by atoms with E-state index < -0.39 is 0 Å². The summed E-state index contributed by atoms with van der Waals surface area (Å²) in [6.07, 6.45) is 7.74. The van der Waals surface area contributed by atoms with Crippen molar-refractivity contribution in [2.24, 2.45) is 16.7 Å². The van der Waals surface area contributed by atoms with E-state index in [4.69, 9.17) is 9.40 Å². The van der Waals surface area contributed by atoms with Crippen molar-refractivity contribution >= 4 is 48.9 Å². The maximum absolute atomic E-state index is 12.2. The van der Waals surface area contributed by atoms with Gasteiger partial charge in [0.15, 0.2) is 5.78 Å². The smallest absolute Gasteiger partial charge is 0.164 e. The SMILES string of the molecule is CCC(C)(CC)C(=O)/C=C(\O)C(C)(CC)CC.Cc1c(-c2cc3ccc(CC(C)C)cc3o2)sc2ccnc(-c3[c-]c4ccccc4c(C(C)(C)C)c3)c12.[Ir]. The van der Waals surface area contributed by atoms with Crippen LogP contribution in [0.2, 0.25) is 0 Å². The summed E-state index contributed by atoms with van der Waals surface area (Å²) in [5.74, 6) is 1.83. The zero-order valence-electron chi connectivity index (χ0n) is 35.0. The molecule has 0 unspecified atom stereocenters. The third-order valence-corrected chi connectivity index (χ3v) is 13.0. The molecule has 0 spiro atoms. The van der Waals surface area contributed by atoms with Gasteiger partial charge in [0.2, 0.25) is 0 Å². The summed E-state index contributed by atoms with van der Waals surface area (Å²) in [4.78, 5) is 18.3. The van der Waals surface area contributed by atoms with Gasteiger partial charge in [-0.1, -0.05) is 117 Å². The number of aromatic nitrogens is 1. The number of aryl methyl sites for hydroxylation is 1. The summed E-state index contributed by atoms with van der Waals surface area (Å²) >= 11 is 1.78. The number of aliphatic hydroxyl groups is 1. The Morgan fingerprint density at radius 3 is 2.18 bits per heavy atom. The second-order valence-electron chi connectivity index (χ2n) is 17.0. The Morgan fingerprint density at radius 2 is 1.56 bits per heavy atom. The standard InChI is InChI=1S/C34H32NOS.C15H28O2.Ir/c1-20(2)15-22-11-12-24-19-29(36-28(24)16-22)33-21(3)31-30(37-33)13-14-35-32(31)25-17-23-9-7-8-10-26(23)27(18-25)34(4,5)6;1-7-14(5,8-2)12(16)11-13(17)15(6,9-3)10-4;/h7-14,16,18-20H,15H2,1-6H3;11,16H,7-10H2,1-6H3;/q-1;;/b;12-11-;. The minimum absolute atomic E-state index is 0. The number of carbonyl (C=O) groups is 1. The van der Waals surface area contributed by atoms with Gasteiger partial charge in [0, 0.05) is 59.0 Å². The van der Waals surface area contributed by atoms with Gasteiger partial charge in [-0.25, -0.2) is 0 Å². The maximum Gasteiger partial charge on any atom is 0.164 e. The van der Waals surface area contributed by atoms with Crippen LogP contribution in [0.25, 0.3) is 53.7 Å². The number of ketones is 1. The first-order valence-electron chi connectivity index (χ1n) is 19.8. The summed E-state index contributed by atoms with van der Waals surface area (Å²) in [5.41, 5.74) is 6.25. The maximum atomic E-state index is 12.2. The number of thiophene rings is 1. The quantitative estimate of drug-likeness (QED) is 0.0799. The van der Waals surface area contributed by atoms with Crippen LogP contribution < -0.4 is 0 Å². The molecule has 6 aromatic rings. The molecule has 1 radical (unpaired) electrons. The number of hydrogen-bond acceptors (Lipinski definition) is 5. The van der Waals surface area contributed by atoms with Crippen LogP contribution in [0.4, 0.5) is 0 Å². The molecular weight excluding hydrogens is 875 g/mol. The molecule has 4 nitrogen and oxygen atoms in total. The number of pyridine rings is 1. The summed E-state index contributed by atoms with van der Waals surface area (Å²) in [6.45, 7) is 25.6. The Bertz CT molecular complexity index is 2290. The van der Waals surface area contributed by atoms with E-state index in [0.29, 0.717) is 5.92 Å². The first-order valence-corrected chi connectivity index (χ1v) is 20.6. The molecule has 3 aromatic carbocycles. The number of rotatable bonds is 11. The molecule has 0 fully saturated rings. The van der Waals surface area contributed by atoms with Crippen LogP contribution in [0.1, 0.15) is 119 Å². The number of hydrogen-bond donors (Lipinski definition) is 1. The van der Waals surface area contributed by atoms with E-state index in [1.54, 1.807) is 11.3 Å².